The summed E-state index contributed by atoms with van der Waals surface area (Å²) in [6.07, 6.45) is 1.31. The van der Waals surface area contributed by atoms with Crippen molar-refractivity contribution in [2.45, 2.75) is 0 Å². The van der Waals surface area contributed by atoms with Crippen LogP contribution in [0.1, 0.15) is 20.2 Å². The lowest BCUT2D eigenvalue weighted by Crippen LogP contribution is -2.33. The Labute approximate surface area is 169 Å². The van der Waals surface area contributed by atoms with Gasteiger partial charge in [0.2, 0.25) is 0 Å². The van der Waals surface area contributed by atoms with Gasteiger partial charge in [-0.25, -0.2) is 4.79 Å². The highest BCUT2D eigenvalue weighted by atomic mass is 32.1. The molecule has 1 aliphatic rings. The number of esters is 1. The Kier molecular flexibility index (Phi) is 5.30. The third-order valence-electron chi connectivity index (χ3n) is 3.97. The van der Waals surface area contributed by atoms with Gasteiger partial charge in [0, 0.05) is 4.88 Å². The molecular formula is C20H15NO7S. The van der Waals surface area contributed by atoms with E-state index in [2.05, 4.69) is 5.32 Å². The molecule has 2 amide bonds. The van der Waals surface area contributed by atoms with E-state index in [0.717, 1.165) is 10.4 Å². The molecule has 0 radical (unpaired) electrons. The minimum atomic E-state index is -0.747. The Morgan fingerprint density at radius 2 is 1.86 bits per heavy atom. The Morgan fingerprint density at radius 3 is 2.66 bits per heavy atom. The Bertz CT molecular complexity index is 1050. The number of imide groups is 1. The Hall–Kier alpha value is -3.59. The average Bonchev–Trinajstić information content (AvgIpc) is 3.44. The number of carbonyl (C=O) groups excluding carboxylic acids is 3. The largest absolute Gasteiger partial charge is 0.486 e. The first kappa shape index (κ1) is 18.8. The third kappa shape index (κ3) is 4.30. The van der Waals surface area contributed by atoms with Gasteiger partial charge in [0.1, 0.15) is 18.1 Å². The number of hydrogen-bond donors (Lipinski definition) is 1. The molecule has 1 aromatic carbocycles. The number of fused-ring (bicyclic) bond motifs is 1. The van der Waals surface area contributed by atoms with Crippen molar-refractivity contribution < 1.29 is 33.0 Å². The topological polar surface area (TPSA) is 104 Å². The summed E-state index contributed by atoms with van der Waals surface area (Å²) in [6, 6.07) is 11.9. The fraction of sp³-hybridized carbons (Fsp3) is 0.150. The molecule has 1 N–H and O–H groups in total. The van der Waals surface area contributed by atoms with Crippen molar-refractivity contribution in [3.63, 3.8) is 0 Å². The first-order chi connectivity index (χ1) is 14.1. The van der Waals surface area contributed by atoms with Crippen LogP contribution in [0, 0.1) is 0 Å². The van der Waals surface area contributed by atoms with Gasteiger partial charge in [0.15, 0.2) is 23.9 Å². The lowest BCUT2D eigenvalue weighted by atomic mass is 10.1. The smallest absolute Gasteiger partial charge is 0.348 e. The van der Waals surface area contributed by atoms with Crippen LogP contribution in [0.4, 0.5) is 0 Å². The van der Waals surface area contributed by atoms with E-state index in [9.17, 15) is 14.4 Å². The normalized spacial score (nSPS) is 12.3. The molecule has 0 saturated carbocycles. The van der Waals surface area contributed by atoms with Crippen LogP contribution in [0.5, 0.6) is 11.5 Å². The standard InChI is InChI=1S/C20H15NO7S/c22-18(21-19(23)14-2-1-7-25-14)11-28-20(24)17-6-5-16(29-17)12-3-4-13-15(10-12)27-9-8-26-13/h1-7,10H,8-9,11H2,(H,21,22,23). The maximum atomic E-state index is 12.2. The van der Waals surface area contributed by atoms with Gasteiger partial charge in [-0.1, -0.05) is 0 Å². The molecule has 1 aliphatic heterocycles. The van der Waals surface area contributed by atoms with E-state index >= 15 is 0 Å². The van der Waals surface area contributed by atoms with E-state index in [1.165, 1.54) is 29.7 Å². The van der Waals surface area contributed by atoms with Gasteiger partial charge in [0.05, 0.1) is 6.26 Å². The minimum absolute atomic E-state index is 0.00740. The van der Waals surface area contributed by atoms with Crippen molar-refractivity contribution >= 4 is 29.1 Å². The molecule has 0 atom stereocenters. The highest BCUT2D eigenvalue weighted by molar-refractivity contribution is 7.17. The first-order valence-electron chi connectivity index (χ1n) is 8.65. The minimum Gasteiger partial charge on any atom is -0.486 e. The zero-order chi connectivity index (χ0) is 20.2. The quantitative estimate of drug-likeness (QED) is 0.642. The lowest BCUT2D eigenvalue weighted by Gasteiger charge is -2.18. The van der Waals surface area contributed by atoms with Gasteiger partial charge in [-0.05, 0) is 48.0 Å². The Balaban J connectivity index is 1.35. The summed E-state index contributed by atoms with van der Waals surface area (Å²) in [7, 11) is 0. The van der Waals surface area contributed by atoms with Crippen molar-refractivity contribution in [3.8, 4) is 21.9 Å². The highest BCUT2D eigenvalue weighted by Gasteiger charge is 2.18. The predicted octanol–water partition coefficient (Wildman–Crippen LogP) is 2.89. The van der Waals surface area contributed by atoms with Gasteiger partial charge >= 0.3 is 5.97 Å². The van der Waals surface area contributed by atoms with Crippen molar-refractivity contribution in [2.75, 3.05) is 19.8 Å². The number of amides is 2. The molecule has 0 saturated heterocycles. The van der Waals surface area contributed by atoms with E-state index in [1.54, 1.807) is 12.1 Å². The molecule has 0 unspecified atom stereocenters. The van der Waals surface area contributed by atoms with Crippen LogP contribution in [0.25, 0.3) is 10.4 Å². The van der Waals surface area contributed by atoms with E-state index in [4.69, 9.17) is 18.6 Å². The molecule has 0 fully saturated rings. The molecule has 148 valence electrons. The van der Waals surface area contributed by atoms with Crippen LogP contribution in [0.3, 0.4) is 0 Å². The summed E-state index contributed by atoms with van der Waals surface area (Å²) in [5, 5.41) is 2.08. The number of hydrogen-bond acceptors (Lipinski definition) is 8. The Morgan fingerprint density at radius 1 is 1.03 bits per heavy atom. The van der Waals surface area contributed by atoms with Crippen LogP contribution in [0.2, 0.25) is 0 Å². The fourth-order valence-electron chi connectivity index (χ4n) is 2.63. The van der Waals surface area contributed by atoms with Gasteiger partial charge < -0.3 is 18.6 Å². The predicted molar refractivity (Wildman–Crippen MR) is 102 cm³/mol. The van der Waals surface area contributed by atoms with Crippen molar-refractivity contribution in [1.82, 2.24) is 5.32 Å². The average molecular weight is 413 g/mol. The van der Waals surface area contributed by atoms with Crippen LogP contribution in [0.15, 0.2) is 53.1 Å². The second-order valence-electron chi connectivity index (χ2n) is 5.95. The number of thiophene rings is 1. The SMILES string of the molecule is O=C(COC(=O)c1ccc(-c2ccc3c(c2)OCCO3)s1)NC(=O)c1ccco1. The molecule has 3 aromatic rings. The molecule has 4 rings (SSSR count). The summed E-state index contributed by atoms with van der Waals surface area (Å²) < 4.78 is 20.9. The molecule has 0 bridgehead atoms. The number of nitrogens with one attached hydrogen (secondary N) is 1. The maximum Gasteiger partial charge on any atom is 0.348 e. The van der Waals surface area contributed by atoms with E-state index in [1.807, 2.05) is 18.2 Å². The number of furan rings is 1. The van der Waals surface area contributed by atoms with Gasteiger partial charge in [-0.3, -0.25) is 14.9 Å². The highest BCUT2D eigenvalue weighted by Crippen LogP contribution is 2.37. The summed E-state index contributed by atoms with van der Waals surface area (Å²) >= 11 is 1.22. The van der Waals surface area contributed by atoms with Crippen molar-refractivity contribution in [1.29, 1.82) is 0 Å². The lowest BCUT2D eigenvalue weighted by molar-refractivity contribution is -0.123. The number of benzene rings is 1. The molecule has 3 heterocycles. The second kappa shape index (κ2) is 8.19. The van der Waals surface area contributed by atoms with Gasteiger partial charge in [-0.15, -0.1) is 11.3 Å². The van der Waals surface area contributed by atoms with Crippen LogP contribution in [-0.2, 0) is 9.53 Å². The maximum absolute atomic E-state index is 12.2. The molecule has 8 nitrogen and oxygen atoms in total. The van der Waals surface area contributed by atoms with Crippen LogP contribution < -0.4 is 14.8 Å². The van der Waals surface area contributed by atoms with Crippen molar-refractivity contribution in [2.24, 2.45) is 0 Å². The van der Waals surface area contributed by atoms with Gasteiger partial charge in [0.25, 0.3) is 11.8 Å². The first-order valence-corrected chi connectivity index (χ1v) is 9.46. The summed E-state index contributed by atoms with van der Waals surface area (Å²) in [4.78, 5) is 36.9. The van der Waals surface area contributed by atoms with E-state index in [-0.39, 0.29) is 5.76 Å². The molecule has 29 heavy (non-hydrogen) atoms. The zero-order valence-corrected chi connectivity index (χ0v) is 15.8. The molecule has 0 spiro atoms. The molecule has 2 aromatic heterocycles. The molecule has 0 aliphatic carbocycles. The molecule has 9 heteroatoms. The number of carbonyl (C=O) groups is 3. The zero-order valence-electron chi connectivity index (χ0n) is 15.0. The third-order valence-corrected chi connectivity index (χ3v) is 5.08. The summed E-state index contributed by atoms with van der Waals surface area (Å²) in [5.74, 6) is -0.765. The van der Waals surface area contributed by atoms with E-state index < -0.39 is 24.4 Å². The number of rotatable bonds is 5. The second-order valence-corrected chi connectivity index (χ2v) is 7.04. The van der Waals surface area contributed by atoms with Crippen LogP contribution in [-0.4, -0.2) is 37.6 Å². The monoisotopic (exact) mass is 413 g/mol. The van der Waals surface area contributed by atoms with Crippen molar-refractivity contribution in [3.05, 3.63) is 59.4 Å². The van der Waals surface area contributed by atoms with Crippen LogP contribution >= 0.6 is 11.3 Å². The summed E-state index contributed by atoms with van der Waals surface area (Å²) in [5.41, 5.74) is 0.875. The molecular weight excluding hydrogens is 398 g/mol. The fourth-order valence-corrected chi connectivity index (χ4v) is 3.53. The van der Waals surface area contributed by atoms with Gasteiger partial charge in [-0.2, -0.15) is 0 Å². The number of ether oxygens (including phenoxy) is 3. The van der Waals surface area contributed by atoms with E-state index in [0.29, 0.717) is 29.6 Å². The summed E-state index contributed by atoms with van der Waals surface area (Å²) in [6.45, 7) is 0.424.